The van der Waals surface area contributed by atoms with Gasteiger partial charge in [-0.3, -0.25) is 0 Å². The number of rotatable bonds is 2. The monoisotopic (exact) mass is 232 g/mol. The van der Waals surface area contributed by atoms with Crippen molar-refractivity contribution in [3.05, 3.63) is 0 Å². The van der Waals surface area contributed by atoms with Gasteiger partial charge in [-0.25, -0.2) is 0 Å². The van der Waals surface area contributed by atoms with Gasteiger partial charge in [-0.1, -0.05) is 19.3 Å². The number of likely N-dealkylation sites (tertiary alicyclic amines) is 1. The lowest BCUT2D eigenvalue weighted by molar-refractivity contribution is 0.231. The second-order valence-electron chi connectivity index (χ2n) is 4.86. The second-order valence-corrected chi connectivity index (χ2v) is 4.86. The molecule has 0 aliphatic carbocycles. The van der Waals surface area contributed by atoms with Crippen LogP contribution in [0.3, 0.4) is 0 Å². The first kappa shape index (κ1) is 13.3. The van der Waals surface area contributed by atoms with E-state index in [-0.39, 0.29) is 12.4 Å². The fourth-order valence-corrected chi connectivity index (χ4v) is 2.71. The lowest BCUT2D eigenvalue weighted by atomic mass is 10.0. The highest BCUT2D eigenvalue weighted by Gasteiger charge is 2.17. The van der Waals surface area contributed by atoms with Gasteiger partial charge in [0.05, 0.1) is 0 Å². The van der Waals surface area contributed by atoms with E-state index < -0.39 is 0 Å². The molecule has 15 heavy (non-hydrogen) atoms. The van der Waals surface area contributed by atoms with Crippen LogP contribution in [-0.4, -0.2) is 37.1 Å². The molecule has 2 heterocycles. The fourth-order valence-electron chi connectivity index (χ4n) is 2.71. The summed E-state index contributed by atoms with van der Waals surface area (Å²) in [5.74, 6) is 0. The van der Waals surface area contributed by atoms with E-state index in [2.05, 4.69) is 10.2 Å². The minimum absolute atomic E-state index is 0. The molecule has 0 amide bonds. The molecule has 2 fully saturated rings. The Morgan fingerprint density at radius 2 is 1.67 bits per heavy atom. The number of piperidine rings is 1. The highest BCUT2D eigenvalue weighted by Crippen LogP contribution is 2.13. The highest BCUT2D eigenvalue weighted by atomic mass is 35.5. The van der Waals surface area contributed by atoms with Gasteiger partial charge in [0, 0.05) is 12.6 Å². The minimum atomic E-state index is 0. The summed E-state index contributed by atoms with van der Waals surface area (Å²) in [5, 5.41) is 3.65. The van der Waals surface area contributed by atoms with Crippen molar-refractivity contribution in [3.63, 3.8) is 0 Å². The van der Waals surface area contributed by atoms with Crippen molar-refractivity contribution >= 4 is 12.4 Å². The van der Waals surface area contributed by atoms with E-state index in [0.717, 1.165) is 6.04 Å². The lowest BCUT2D eigenvalue weighted by Crippen LogP contribution is -2.43. The molecule has 2 nitrogen and oxygen atoms in total. The Hall–Kier alpha value is 0.210. The molecule has 2 aliphatic rings. The van der Waals surface area contributed by atoms with Crippen LogP contribution in [0.25, 0.3) is 0 Å². The molecule has 3 heteroatoms. The summed E-state index contributed by atoms with van der Waals surface area (Å²) in [7, 11) is 0. The van der Waals surface area contributed by atoms with Gasteiger partial charge in [0.2, 0.25) is 0 Å². The third kappa shape index (κ3) is 4.71. The van der Waals surface area contributed by atoms with Crippen molar-refractivity contribution in [1.82, 2.24) is 10.2 Å². The maximum Gasteiger partial charge on any atom is 0.0195 e. The number of halogens is 1. The van der Waals surface area contributed by atoms with Gasteiger partial charge in [0.1, 0.15) is 0 Å². The molecule has 0 saturated carbocycles. The molecule has 1 atom stereocenters. The topological polar surface area (TPSA) is 15.3 Å². The van der Waals surface area contributed by atoms with Crippen molar-refractivity contribution in [2.75, 3.05) is 26.2 Å². The average molecular weight is 233 g/mol. The third-order valence-corrected chi connectivity index (χ3v) is 3.59. The Labute approximate surface area is 100 Å². The van der Waals surface area contributed by atoms with Crippen LogP contribution in [0, 0.1) is 0 Å². The predicted octanol–water partition coefficient (Wildman–Crippen LogP) is 2.43. The minimum Gasteiger partial charge on any atom is -0.313 e. The van der Waals surface area contributed by atoms with Crippen molar-refractivity contribution in [2.24, 2.45) is 0 Å². The van der Waals surface area contributed by atoms with Crippen LogP contribution in [0.5, 0.6) is 0 Å². The predicted molar refractivity (Wildman–Crippen MR) is 67.8 cm³/mol. The van der Waals surface area contributed by atoms with Gasteiger partial charge >= 0.3 is 0 Å². The summed E-state index contributed by atoms with van der Waals surface area (Å²) >= 11 is 0. The molecular weight excluding hydrogens is 208 g/mol. The van der Waals surface area contributed by atoms with Crippen LogP contribution in [0.1, 0.15) is 44.9 Å². The first-order chi connectivity index (χ1) is 6.95. The molecule has 0 aromatic carbocycles. The zero-order valence-corrected chi connectivity index (χ0v) is 10.5. The molecule has 2 aliphatic heterocycles. The van der Waals surface area contributed by atoms with E-state index >= 15 is 0 Å². The largest absolute Gasteiger partial charge is 0.313 e. The van der Waals surface area contributed by atoms with E-state index in [1.807, 2.05) is 0 Å². The van der Waals surface area contributed by atoms with Gasteiger partial charge in [-0.15, -0.1) is 12.4 Å². The number of hydrogen-bond acceptors (Lipinski definition) is 2. The van der Waals surface area contributed by atoms with Crippen LogP contribution >= 0.6 is 12.4 Å². The second kappa shape index (κ2) is 7.48. The molecule has 1 N–H and O–H groups in total. The van der Waals surface area contributed by atoms with Gasteiger partial charge in [-0.05, 0) is 45.3 Å². The molecule has 0 aromatic rings. The Morgan fingerprint density at radius 1 is 0.933 bits per heavy atom. The summed E-state index contributed by atoms with van der Waals surface area (Å²) in [6.07, 6.45) is 9.97. The summed E-state index contributed by atoms with van der Waals surface area (Å²) in [6, 6.07) is 0.793. The maximum absolute atomic E-state index is 3.65. The van der Waals surface area contributed by atoms with Crippen LogP contribution in [0.15, 0.2) is 0 Å². The summed E-state index contributed by atoms with van der Waals surface area (Å²) in [5.41, 5.74) is 0. The number of hydrogen-bond donors (Lipinski definition) is 1. The average Bonchev–Trinajstić information content (AvgIpc) is 2.48. The van der Waals surface area contributed by atoms with Crippen LogP contribution in [0.4, 0.5) is 0 Å². The lowest BCUT2D eigenvalue weighted by Gasteiger charge is -2.29. The molecule has 2 saturated heterocycles. The summed E-state index contributed by atoms with van der Waals surface area (Å²) in [6.45, 7) is 5.24. The zero-order valence-electron chi connectivity index (χ0n) is 9.71. The zero-order chi connectivity index (χ0) is 9.64. The van der Waals surface area contributed by atoms with Gasteiger partial charge in [-0.2, -0.15) is 0 Å². The summed E-state index contributed by atoms with van der Waals surface area (Å²) in [4.78, 5) is 2.68. The van der Waals surface area contributed by atoms with Crippen LogP contribution in [0.2, 0.25) is 0 Å². The van der Waals surface area contributed by atoms with Gasteiger partial charge in [0.15, 0.2) is 0 Å². The molecule has 0 aromatic heterocycles. The molecule has 0 radical (unpaired) electrons. The third-order valence-electron chi connectivity index (χ3n) is 3.59. The summed E-state index contributed by atoms with van der Waals surface area (Å²) < 4.78 is 0. The normalized spacial score (nSPS) is 29.2. The molecule has 2 rings (SSSR count). The van der Waals surface area contributed by atoms with E-state index in [1.165, 1.54) is 71.1 Å². The SMILES string of the molecule is C1CCCN(CC2CCCCN2)CC1.Cl. The Bertz CT molecular complexity index is 150. The quantitative estimate of drug-likeness (QED) is 0.787. The first-order valence-electron chi connectivity index (χ1n) is 6.41. The molecule has 0 spiro atoms. The molecule has 1 unspecified atom stereocenters. The Kier molecular flexibility index (Phi) is 6.62. The standard InChI is InChI=1S/C12H24N2.ClH/c1-2-6-10-14(9-5-1)11-12-7-3-4-8-13-12;/h12-13H,1-11H2;1H. The smallest absolute Gasteiger partial charge is 0.0195 e. The first-order valence-corrected chi connectivity index (χ1v) is 6.41. The van der Waals surface area contributed by atoms with E-state index in [0.29, 0.717) is 0 Å². The van der Waals surface area contributed by atoms with Crippen molar-refractivity contribution < 1.29 is 0 Å². The Balaban J connectivity index is 0.00000112. The number of nitrogens with one attached hydrogen (secondary N) is 1. The van der Waals surface area contributed by atoms with Gasteiger partial charge < -0.3 is 10.2 Å². The van der Waals surface area contributed by atoms with Crippen molar-refractivity contribution in [3.8, 4) is 0 Å². The van der Waals surface area contributed by atoms with E-state index in [9.17, 15) is 0 Å². The molecule has 90 valence electrons. The van der Waals surface area contributed by atoms with E-state index in [4.69, 9.17) is 0 Å². The van der Waals surface area contributed by atoms with Crippen molar-refractivity contribution in [1.29, 1.82) is 0 Å². The van der Waals surface area contributed by atoms with Gasteiger partial charge in [0.25, 0.3) is 0 Å². The van der Waals surface area contributed by atoms with Crippen LogP contribution < -0.4 is 5.32 Å². The van der Waals surface area contributed by atoms with E-state index in [1.54, 1.807) is 0 Å². The Morgan fingerprint density at radius 3 is 2.27 bits per heavy atom. The maximum atomic E-state index is 3.65. The highest BCUT2D eigenvalue weighted by molar-refractivity contribution is 5.85. The molecular formula is C12H25ClN2. The van der Waals surface area contributed by atoms with Crippen LogP contribution in [-0.2, 0) is 0 Å². The fraction of sp³-hybridized carbons (Fsp3) is 1.00. The molecule has 0 bridgehead atoms. The van der Waals surface area contributed by atoms with Crippen molar-refractivity contribution in [2.45, 2.75) is 51.0 Å². The number of nitrogens with zero attached hydrogens (tertiary/aromatic N) is 1.